The van der Waals surface area contributed by atoms with Gasteiger partial charge in [-0.05, 0) is 18.9 Å². The predicted octanol–water partition coefficient (Wildman–Crippen LogP) is 2.81. The number of hydrogen-bond acceptors (Lipinski definition) is 5. The number of alkyl halides is 3. The number of rotatable bonds is 6. The molecule has 0 aromatic carbocycles. The average molecular weight is 342 g/mol. The van der Waals surface area contributed by atoms with Crippen molar-refractivity contribution in [3.05, 3.63) is 29.8 Å². The Labute approximate surface area is 138 Å². The van der Waals surface area contributed by atoms with Crippen LogP contribution in [0.25, 0.3) is 0 Å². The molecule has 1 N–H and O–H groups in total. The summed E-state index contributed by atoms with van der Waals surface area (Å²) in [4.78, 5) is 10.3. The molecule has 24 heavy (non-hydrogen) atoms. The molecule has 0 spiro atoms. The number of nitrogens with one attached hydrogen (secondary N) is 1. The van der Waals surface area contributed by atoms with Crippen LogP contribution < -0.4 is 10.2 Å². The molecule has 2 aromatic rings. The van der Waals surface area contributed by atoms with Crippen LogP contribution in [-0.2, 0) is 12.7 Å². The van der Waals surface area contributed by atoms with Crippen molar-refractivity contribution in [2.75, 3.05) is 30.9 Å². The molecular formula is C15H21F3N6. The van der Waals surface area contributed by atoms with E-state index in [2.05, 4.69) is 20.4 Å². The summed E-state index contributed by atoms with van der Waals surface area (Å²) in [6, 6.07) is 1.06. The highest BCUT2D eigenvalue weighted by molar-refractivity contribution is 5.59. The first-order valence-corrected chi connectivity index (χ1v) is 7.52. The Morgan fingerprint density at radius 3 is 2.54 bits per heavy atom. The van der Waals surface area contributed by atoms with Gasteiger partial charge in [0.05, 0.1) is 5.69 Å². The molecule has 6 nitrogen and oxygen atoms in total. The lowest BCUT2D eigenvalue weighted by Gasteiger charge is -2.19. The first-order valence-electron chi connectivity index (χ1n) is 7.52. The van der Waals surface area contributed by atoms with Gasteiger partial charge in [0.25, 0.3) is 0 Å². The van der Waals surface area contributed by atoms with Crippen molar-refractivity contribution in [3.8, 4) is 0 Å². The van der Waals surface area contributed by atoms with Crippen LogP contribution in [0, 0.1) is 12.8 Å². The number of halogens is 3. The Balaban J connectivity index is 2.04. The van der Waals surface area contributed by atoms with E-state index in [4.69, 9.17) is 0 Å². The van der Waals surface area contributed by atoms with Crippen molar-refractivity contribution in [3.63, 3.8) is 0 Å². The molecule has 0 aliphatic heterocycles. The minimum absolute atomic E-state index is 0.0811. The maximum Gasteiger partial charge on any atom is 0.433 e. The lowest BCUT2D eigenvalue weighted by Crippen LogP contribution is -2.23. The van der Waals surface area contributed by atoms with Crippen LogP contribution >= 0.6 is 0 Å². The van der Waals surface area contributed by atoms with Crippen molar-refractivity contribution in [1.29, 1.82) is 0 Å². The Morgan fingerprint density at radius 2 is 1.92 bits per heavy atom. The monoisotopic (exact) mass is 342 g/mol. The second kappa shape index (κ2) is 7.06. The summed E-state index contributed by atoms with van der Waals surface area (Å²) in [6.07, 6.45) is -1.25. The van der Waals surface area contributed by atoms with Crippen LogP contribution in [-0.4, -0.2) is 40.4 Å². The summed E-state index contributed by atoms with van der Waals surface area (Å²) >= 11 is 0. The third-order valence-corrected chi connectivity index (χ3v) is 3.40. The highest BCUT2D eigenvalue weighted by atomic mass is 19.4. The lowest BCUT2D eigenvalue weighted by atomic mass is 10.2. The average Bonchev–Trinajstić information content (AvgIpc) is 2.86. The van der Waals surface area contributed by atoms with Gasteiger partial charge in [-0.1, -0.05) is 6.92 Å². The number of aromatic nitrogens is 4. The van der Waals surface area contributed by atoms with Gasteiger partial charge in [-0.25, -0.2) is 9.97 Å². The van der Waals surface area contributed by atoms with E-state index in [9.17, 15) is 13.2 Å². The van der Waals surface area contributed by atoms with Gasteiger partial charge in [-0.2, -0.15) is 18.3 Å². The maximum absolute atomic E-state index is 13.0. The zero-order valence-electron chi connectivity index (χ0n) is 14.1. The van der Waals surface area contributed by atoms with Crippen molar-refractivity contribution in [2.45, 2.75) is 26.6 Å². The van der Waals surface area contributed by atoms with Crippen LogP contribution in [0.1, 0.15) is 18.3 Å². The second-order valence-electron chi connectivity index (χ2n) is 5.96. The Hall–Kier alpha value is -2.32. The summed E-state index contributed by atoms with van der Waals surface area (Å²) < 4.78 is 40.0. The molecule has 1 atom stereocenters. The first-order chi connectivity index (χ1) is 11.2. The SMILES string of the molecule is Cc1cc(C(F)(F)F)n(CC(C)CNc2nccnc2N(C)C)n1. The van der Waals surface area contributed by atoms with Gasteiger partial charge in [-0.3, -0.25) is 4.68 Å². The van der Waals surface area contributed by atoms with Crippen molar-refractivity contribution in [2.24, 2.45) is 5.92 Å². The number of hydrogen-bond donors (Lipinski definition) is 1. The minimum atomic E-state index is -4.41. The zero-order chi connectivity index (χ0) is 17.9. The summed E-state index contributed by atoms with van der Waals surface area (Å²) in [5.41, 5.74) is -0.369. The molecule has 0 fully saturated rings. The van der Waals surface area contributed by atoms with Crippen LogP contribution in [0.5, 0.6) is 0 Å². The summed E-state index contributed by atoms with van der Waals surface area (Å²) in [5.74, 6) is 1.19. The molecule has 0 bridgehead atoms. The predicted molar refractivity (Wildman–Crippen MR) is 86.0 cm³/mol. The molecule has 0 saturated heterocycles. The van der Waals surface area contributed by atoms with Crippen molar-refractivity contribution in [1.82, 2.24) is 19.7 Å². The van der Waals surface area contributed by atoms with Gasteiger partial charge in [0.15, 0.2) is 11.6 Å². The van der Waals surface area contributed by atoms with Gasteiger partial charge in [0, 0.05) is 39.6 Å². The highest BCUT2D eigenvalue weighted by Crippen LogP contribution is 2.30. The molecule has 2 aromatic heterocycles. The molecule has 0 aliphatic carbocycles. The fourth-order valence-corrected chi connectivity index (χ4v) is 2.33. The molecule has 1 unspecified atom stereocenters. The summed E-state index contributed by atoms with van der Waals surface area (Å²) in [5, 5.41) is 7.09. The van der Waals surface area contributed by atoms with Crippen molar-refractivity contribution >= 4 is 11.6 Å². The summed E-state index contributed by atoms with van der Waals surface area (Å²) in [7, 11) is 3.70. The maximum atomic E-state index is 13.0. The molecule has 0 amide bonds. The van der Waals surface area contributed by atoms with E-state index in [1.54, 1.807) is 19.3 Å². The number of aryl methyl sites for hydroxylation is 1. The number of nitrogens with zero attached hydrogens (tertiary/aromatic N) is 5. The first kappa shape index (κ1) is 18.0. The molecule has 2 rings (SSSR count). The normalized spacial score (nSPS) is 13.0. The standard InChI is InChI=1S/C15H21F3N6/c1-10(8-21-13-14(23(3)4)20-6-5-19-13)9-24-12(15(16,17)18)7-11(2)22-24/h5-7,10H,8-9H2,1-4H3,(H,19,21). The van der Waals surface area contributed by atoms with E-state index in [1.807, 2.05) is 25.9 Å². The smallest absolute Gasteiger partial charge is 0.367 e. The van der Waals surface area contributed by atoms with Gasteiger partial charge in [0.2, 0.25) is 0 Å². The van der Waals surface area contributed by atoms with Gasteiger partial charge < -0.3 is 10.2 Å². The Kier molecular flexibility index (Phi) is 5.30. The van der Waals surface area contributed by atoms with E-state index in [-0.39, 0.29) is 12.5 Å². The second-order valence-corrected chi connectivity index (χ2v) is 5.96. The third-order valence-electron chi connectivity index (χ3n) is 3.40. The fraction of sp³-hybridized carbons (Fsp3) is 0.533. The van der Waals surface area contributed by atoms with Crippen LogP contribution in [0.3, 0.4) is 0 Å². The Bertz CT molecular complexity index is 680. The zero-order valence-corrected chi connectivity index (χ0v) is 14.1. The van der Waals surface area contributed by atoms with Crippen molar-refractivity contribution < 1.29 is 13.2 Å². The van der Waals surface area contributed by atoms with E-state index < -0.39 is 11.9 Å². The van der Waals surface area contributed by atoms with Crippen LogP contribution in [0.4, 0.5) is 24.8 Å². The molecule has 132 valence electrons. The van der Waals surface area contributed by atoms with E-state index >= 15 is 0 Å². The van der Waals surface area contributed by atoms with Gasteiger partial charge in [-0.15, -0.1) is 0 Å². The molecule has 0 saturated carbocycles. The van der Waals surface area contributed by atoms with E-state index in [0.29, 0.717) is 23.9 Å². The molecule has 9 heteroatoms. The minimum Gasteiger partial charge on any atom is -0.367 e. The molecular weight excluding hydrogens is 321 g/mol. The van der Waals surface area contributed by atoms with Gasteiger partial charge in [0.1, 0.15) is 5.69 Å². The highest BCUT2D eigenvalue weighted by Gasteiger charge is 2.35. The Morgan fingerprint density at radius 1 is 1.25 bits per heavy atom. The quantitative estimate of drug-likeness (QED) is 0.875. The molecule has 2 heterocycles. The fourth-order valence-electron chi connectivity index (χ4n) is 2.33. The topological polar surface area (TPSA) is 58.9 Å². The van der Waals surface area contributed by atoms with Crippen LogP contribution in [0.2, 0.25) is 0 Å². The molecule has 0 aliphatic rings. The lowest BCUT2D eigenvalue weighted by molar-refractivity contribution is -0.144. The van der Waals surface area contributed by atoms with E-state index in [0.717, 1.165) is 10.7 Å². The number of anilines is 2. The van der Waals surface area contributed by atoms with Gasteiger partial charge >= 0.3 is 6.18 Å². The third kappa shape index (κ3) is 4.36. The summed E-state index contributed by atoms with van der Waals surface area (Å²) in [6.45, 7) is 4.02. The van der Waals surface area contributed by atoms with Crippen LogP contribution in [0.15, 0.2) is 18.5 Å². The largest absolute Gasteiger partial charge is 0.433 e. The molecule has 0 radical (unpaired) electrons. The van der Waals surface area contributed by atoms with E-state index in [1.165, 1.54) is 0 Å².